The minimum absolute atomic E-state index is 0.0373. The maximum atomic E-state index is 12.6. The Balaban J connectivity index is 2.21. The van der Waals surface area contributed by atoms with E-state index in [0.29, 0.717) is 5.25 Å². The minimum atomic E-state index is -5.63. The van der Waals surface area contributed by atoms with E-state index in [1.807, 2.05) is 6.26 Å². The molecular formula is C13H20F5NO2S. The second-order valence-electron chi connectivity index (χ2n) is 5.29. The van der Waals surface area contributed by atoms with Crippen molar-refractivity contribution in [3.05, 3.63) is 0 Å². The Kier molecular flexibility index (Phi) is 7.37. The number of ether oxygens (including phenoxy) is 1. The Bertz CT molecular complexity index is 365. The standard InChI is InChI=1S/C13H20F5NO2S/c1-22-10-4-2-3-9(7-10)19-11(20)5-6-21-8-12(14,15)13(16,17)18/h9-10H,2-8H2,1H3,(H,19,20)/t9-,10+/m0/s1. The fraction of sp³-hybridized carbons (Fsp3) is 0.923. The van der Waals surface area contributed by atoms with E-state index in [4.69, 9.17) is 0 Å². The van der Waals surface area contributed by atoms with Gasteiger partial charge in [0.05, 0.1) is 6.61 Å². The van der Waals surface area contributed by atoms with Gasteiger partial charge >= 0.3 is 12.1 Å². The van der Waals surface area contributed by atoms with Crippen molar-refractivity contribution in [2.24, 2.45) is 0 Å². The van der Waals surface area contributed by atoms with Crippen molar-refractivity contribution in [3.63, 3.8) is 0 Å². The summed E-state index contributed by atoms with van der Waals surface area (Å²) in [5.74, 6) is -5.28. The molecule has 2 atom stereocenters. The average molecular weight is 349 g/mol. The number of carbonyl (C=O) groups is 1. The van der Waals surface area contributed by atoms with E-state index in [0.717, 1.165) is 25.7 Å². The number of thioether (sulfide) groups is 1. The molecule has 0 saturated heterocycles. The molecule has 0 aromatic carbocycles. The van der Waals surface area contributed by atoms with Gasteiger partial charge in [0.15, 0.2) is 0 Å². The molecule has 0 bridgehead atoms. The molecular weight excluding hydrogens is 329 g/mol. The van der Waals surface area contributed by atoms with E-state index in [1.165, 1.54) is 0 Å². The molecule has 0 heterocycles. The molecule has 1 rings (SSSR count). The molecule has 1 fully saturated rings. The summed E-state index contributed by atoms with van der Waals surface area (Å²) in [7, 11) is 0. The van der Waals surface area contributed by atoms with Crippen molar-refractivity contribution in [2.75, 3.05) is 19.5 Å². The summed E-state index contributed by atoms with van der Waals surface area (Å²) in [6, 6.07) is 0.0373. The number of alkyl halides is 5. The monoisotopic (exact) mass is 349 g/mol. The maximum absolute atomic E-state index is 12.6. The highest BCUT2D eigenvalue weighted by molar-refractivity contribution is 7.99. The number of hydrogen-bond acceptors (Lipinski definition) is 3. The second-order valence-corrected chi connectivity index (χ2v) is 6.43. The van der Waals surface area contributed by atoms with Gasteiger partial charge in [-0.3, -0.25) is 4.79 Å². The third kappa shape index (κ3) is 6.28. The lowest BCUT2D eigenvalue weighted by Gasteiger charge is -2.28. The summed E-state index contributed by atoms with van der Waals surface area (Å²) in [4.78, 5) is 11.6. The first kappa shape index (κ1) is 19.5. The van der Waals surface area contributed by atoms with Crippen molar-refractivity contribution in [1.29, 1.82) is 0 Å². The lowest BCUT2D eigenvalue weighted by Crippen LogP contribution is -2.41. The van der Waals surface area contributed by atoms with E-state index in [9.17, 15) is 26.7 Å². The van der Waals surface area contributed by atoms with Crippen LogP contribution in [0.1, 0.15) is 32.1 Å². The van der Waals surface area contributed by atoms with Gasteiger partial charge in [0.25, 0.3) is 0 Å². The van der Waals surface area contributed by atoms with Crippen molar-refractivity contribution < 1.29 is 31.5 Å². The molecule has 1 aliphatic rings. The first-order valence-electron chi connectivity index (χ1n) is 7.00. The van der Waals surface area contributed by atoms with Crippen LogP contribution in [-0.4, -0.2) is 48.8 Å². The first-order valence-corrected chi connectivity index (χ1v) is 8.29. The van der Waals surface area contributed by atoms with Gasteiger partial charge in [-0.05, 0) is 25.5 Å². The number of hydrogen-bond donors (Lipinski definition) is 1. The first-order chi connectivity index (χ1) is 10.2. The molecule has 9 heteroatoms. The molecule has 130 valence electrons. The number of carbonyl (C=O) groups excluding carboxylic acids is 1. The summed E-state index contributed by atoms with van der Waals surface area (Å²) in [5.41, 5.74) is 0. The van der Waals surface area contributed by atoms with Crippen LogP contribution in [-0.2, 0) is 9.53 Å². The van der Waals surface area contributed by atoms with Crippen LogP contribution in [0.3, 0.4) is 0 Å². The van der Waals surface area contributed by atoms with Gasteiger partial charge < -0.3 is 10.1 Å². The lowest BCUT2D eigenvalue weighted by molar-refractivity contribution is -0.296. The molecule has 0 aromatic heterocycles. The van der Waals surface area contributed by atoms with Crippen molar-refractivity contribution >= 4 is 17.7 Å². The zero-order valence-electron chi connectivity index (χ0n) is 12.2. The SMILES string of the molecule is CS[C@@H]1CCC[C@H](NC(=O)CCOCC(F)(F)C(F)(F)F)C1. The lowest BCUT2D eigenvalue weighted by atomic mass is 9.95. The van der Waals surface area contributed by atoms with E-state index in [1.54, 1.807) is 11.8 Å². The second kappa shape index (κ2) is 8.33. The van der Waals surface area contributed by atoms with Crippen molar-refractivity contribution in [2.45, 2.75) is 55.5 Å². The van der Waals surface area contributed by atoms with E-state index >= 15 is 0 Å². The van der Waals surface area contributed by atoms with Gasteiger partial charge in [0.1, 0.15) is 6.61 Å². The fourth-order valence-electron chi connectivity index (χ4n) is 2.24. The van der Waals surface area contributed by atoms with Crippen LogP contribution < -0.4 is 5.32 Å². The van der Waals surface area contributed by atoms with Gasteiger partial charge in [-0.25, -0.2) is 0 Å². The predicted molar refractivity (Wildman–Crippen MR) is 74.1 cm³/mol. The molecule has 22 heavy (non-hydrogen) atoms. The zero-order chi connectivity index (χ0) is 16.8. The molecule has 0 aliphatic heterocycles. The highest BCUT2D eigenvalue weighted by Gasteiger charge is 2.57. The van der Waals surface area contributed by atoms with Crippen LogP contribution in [0.4, 0.5) is 22.0 Å². The van der Waals surface area contributed by atoms with Gasteiger partial charge in [0.2, 0.25) is 5.91 Å². The highest BCUT2D eigenvalue weighted by atomic mass is 32.2. The third-order valence-electron chi connectivity index (χ3n) is 3.50. The molecule has 1 amide bonds. The number of halogens is 5. The topological polar surface area (TPSA) is 38.3 Å². The van der Waals surface area contributed by atoms with E-state index in [2.05, 4.69) is 10.1 Å². The number of amides is 1. The van der Waals surface area contributed by atoms with E-state index < -0.39 is 25.3 Å². The van der Waals surface area contributed by atoms with Gasteiger partial charge in [0, 0.05) is 17.7 Å². The van der Waals surface area contributed by atoms with Crippen LogP contribution in [0.15, 0.2) is 0 Å². The Hall–Kier alpha value is -0.570. The Morgan fingerprint density at radius 3 is 2.55 bits per heavy atom. The van der Waals surface area contributed by atoms with Gasteiger partial charge in [-0.1, -0.05) is 6.42 Å². The quantitative estimate of drug-likeness (QED) is 0.566. The van der Waals surface area contributed by atoms with Crippen molar-refractivity contribution in [1.82, 2.24) is 5.32 Å². The van der Waals surface area contributed by atoms with Gasteiger partial charge in [-0.2, -0.15) is 33.7 Å². The van der Waals surface area contributed by atoms with Crippen molar-refractivity contribution in [3.8, 4) is 0 Å². The summed E-state index contributed by atoms with van der Waals surface area (Å²) >= 11 is 1.74. The van der Waals surface area contributed by atoms with Crippen LogP contribution in [0.5, 0.6) is 0 Å². The fourth-order valence-corrected chi connectivity index (χ4v) is 3.06. The smallest absolute Gasteiger partial charge is 0.374 e. The Morgan fingerprint density at radius 1 is 1.27 bits per heavy atom. The van der Waals surface area contributed by atoms with Crippen LogP contribution in [0, 0.1) is 0 Å². The molecule has 1 N–H and O–H groups in total. The Labute approximate surface area is 130 Å². The molecule has 0 aromatic rings. The molecule has 0 spiro atoms. The largest absolute Gasteiger partial charge is 0.455 e. The number of nitrogens with one attached hydrogen (secondary N) is 1. The summed E-state index contributed by atoms with van der Waals surface area (Å²) in [6.07, 6.45) is -0.0499. The molecule has 1 saturated carbocycles. The summed E-state index contributed by atoms with van der Waals surface area (Å²) in [5, 5.41) is 3.26. The normalized spacial score (nSPS) is 23.4. The molecule has 0 unspecified atom stereocenters. The van der Waals surface area contributed by atoms with E-state index in [-0.39, 0.29) is 18.4 Å². The minimum Gasteiger partial charge on any atom is -0.374 e. The van der Waals surface area contributed by atoms with Crippen LogP contribution in [0.2, 0.25) is 0 Å². The molecule has 0 radical (unpaired) electrons. The summed E-state index contributed by atoms with van der Waals surface area (Å²) < 4.78 is 65.1. The Morgan fingerprint density at radius 2 is 1.95 bits per heavy atom. The van der Waals surface area contributed by atoms with Gasteiger partial charge in [-0.15, -0.1) is 0 Å². The van der Waals surface area contributed by atoms with Crippen LogP contribution >= 0.6 is 11.8 Å². The average Bonchev–Trinajstić information content (AvgIpc) is 2.42. The highest BCUT2D eigenvalue weighted by Crippen LogP contribution is 2.35. The molecule has 1 aliphatic carbocycles. The maximum Gasteiger partial charge on any atom is 0.455 e. The zero-order valence-corrected chi connectivity index (χ0v) is 13.0. The predicted octanol–water partition coefficient (Wildman–Crippen LogP) is 3.38. The third-order valence-corrected chi connectivity index (χ3v) is 4.59. The molecule has 3 nitrogen and oxygen atoms in total. The summed E-state index contributed by atoms with van der Waals surface area (Å²) in [6.45, 7) is -2.22. The van der Waals surface area contributed by atoms with Crippen LogP contribution in [0.25, 0.3) is 0 Å². The number of rotatable bonds is 7.